The molecule has 2 heterocycles. The van der Waals surface area contributed by atoms with Gasteiger partial charge in [-0.15, -0.1) is 0 Å². The third kappa shape index (κ3) is 1.41. The molecule has 0 aliphatic carbocycles. The van der Waals surface area contributed by atoms with E-state index in [2.05, 4.69) is 55.5 Å². The maximum atomic E-state index is 10.9. The molecular weight excluding hydrogens is 246 g/mol. The first-order valence-electron chi connectivity index (χ1n) is 7.40. The van der Waals surface area contributed by atoms with Crippen molar-refractivity contribution in [2.75, 3.05) is 0 Å². The first-order valence-corrected chi connectivity index (χ1v) is 7.40. The van der Waals surface area contributed by atoms with Gasteiger partial charge in [0, 0.05) is 0 Å². The van der Waals surface area contributed by atoms with Crippen molar-refractivity contribution in [1.29, 1.82) is 0 Å². The molecule has 2 unspecified atom stereocenters. The number of rotatable bonds is 1. The number of benzene rings is 2. The third-order valence-corrected chi connectivity index (χ3v) is 5.15. The lowest BCUT2D eigenvalue weighted by molar-refractivity contribution is -0.196. The van der Waals surface area contributed by atoms with Crippen LogP contribution in [0, 0.1) is 0 Å². The normalized spacial score (nSPS) is 27.8. The quantitative estimate of drug-likeness (QED) is 0.847. The van der Waals surface area contributed by atoms with Gasteiger partial charge in [-0.1, -0.05) is 55.5 Å². The Morgan fingerprint density at radius 3 is 2.60 bits per heavy atom. The van der Waals surface area contributed by atoms with Gasteiger partial charge in [0.15, 0.2) is 0 Å². The molecule has 2 aliphatic heterocycles. The van der Waals surface area contributed by atoms with Crippen LogP contribution in [0.3, 0.4) is 0 Å². The van der Waals surface area contributed by atoms with Crippen molar-refractivity contribution in [2.24, 2.45) is 0 Å². The summed E-state index contributed by atoms with van der Waals surface area (Å²) in [5, 5.41) is 12.5. The molecule has 0 saturated heterocycles. The summed E-state index contributed by atoms with van der Waals surface area (Å²) in [5.41, 5.74) is 5.11. The zero-order valence-corrected chi connectivity index (χ0v) is 11.7. The van der Waals surface area contributed by atoms with E-state index >= 15 is 0 Å². The maximum absolute atomic E-state index is 10.9. The van der Waals surface area contributed by atoms with Crippen molar-refractivity contribution in [3.05, 3.63) is 70.8 Å². The summed E-state index contributed by atoms with van der Waals surface area (Å²) in [5.74, 6) is 0. The Kier molecular flexibility index (Phi) is 2.53. The number of fused-ring (bicyclic) bond motifs is 6. The smallest absolute Gasteiger partial charge is 0.0756 e. The van der Waals surface area contributed by atoms with Crippen LogP contribution in [-0.2, 0) is 18.4 Å². The van der Waals surface area contributed by atoms with Gasteiger partial charge in [-0.25, -0.2) is 0 Å². The molecule has 4 rings (SSSR count). The highest BCUT2D eigenvalue weighted by molar-refractivity contribution is 5.46. The Bertz CT molecular complexity index is 666. The van der Waals surface area contributed by atoms with E-state index in [1.54, 1.807) is 5.06 Å². The van der Waals surface area contributed by atoms with Gasteiger partial charge in [-0.3, -0.25) is 0 Å². The molecule has 2 aromatic rings. The Morgan fingerprint density at radius 1 is 1.10 bits per heavy atom. The van der Waals surface area contributed by atoms with E-state index in [-0.39, 0.29) is 11.6 Å². The molecule has 2 bridgehead atoms. The van der Waals surface area contributed by atoms with Crippen molar-refractivity contribution < 1.29 is 5.21 Å². The van der Waals surface area contributed by atoms with Crippen LogP contribution in [-0.4, -0.2) is 10.3 Å². The number of nitrogens with zero attached hydrogens (tertiary/aromatic N) is 1. The van der Waals surface area contributed by atoms with Crippen LogP contribution in [0.5, 0.6) is 0 Å². The van der Waals surface area contributed by atoms with Crippen LogP contribution >= 0.6 is 0 Å². The van der Waals surface area contributed by atoms with Gasteiger partial charge in [0.05, 0.1) is 11.6 Å². The third-order valence-electron chi connectivity index (χ3n) is 5.15. The average molecular weight is 265 g/mol. The zero-order chi connectivity index (χ0) is 13.7. The van der Waals surface area contributed by atoms with Crippen molar-refractivity contribution in [1.82, 2.24) is 5.06 Å². The molecule has 1 N–H and O–H groups in total. The molecule has 2 atom stereocenters. The summed E-state index contributed by atoms with van der Waals surface area (Å²) in [6.45, 7) is 2.18. The average Bonchev–Trinajstić information content (AvgIpc) is 2.63. The van der Waals surface area contributed by atoms with E-state index in [0.717, 1.165) is 19.3 Å². The Balaban J connectivity index is 1.97. The highest BCUT2D eigenvalue weighted by atomic mass is 16.5. The zero-order valence-electron chi connectivity index (χ0n) is 11.7. The molecule has 0 saturated carbocycles. The lowest BCUT2D eigenvalue weighted by atomic mass is 9.79. The molecule has 0 spiro atoms. The number of hydrogen-bond donors (Lipinski definition) is 1. The molecular formula is C18H19NO. The van der Waals surface area contributed by atoms with Gasteiger partial charge in [0.1, 0.15) is 0 Å². The van der Waals surface area contributed by atoms with E-state index in [9.17, 15) is 5.21 Å². The van der Waals surface area contributed by atoms with Gasteiger partial charge in [-0.2, -0.15) is 5.06 Å². The molecule has 2 nitrogen and oxygen atoms in total. The van der Waals surface area contributed by atoms with Gasteiger partial charge in [-0.05, 0) is 41.5 Å². The second-order valence-corrected chi connectivity index (χ2v) is 5.98. The molecule has 2 heteroatoms. The lowest BCUT2D eigenvalue weighted by Gasteiger charge is -2.35. The highest BCUT2D eigenvalue weighted by Gasteiger charge is 2.50. The summed E-state index contributed by atoms with van der Waals surface area (Å²) in [7, 11) is 0. The van der Waals surface area contributed by atoms with Crippen LogP contribution in [0.1, 0.15) is 41.6 Å². The summed E-state index contributed by atoms with van der Waals surface area (Å²) in [6.07, 6.45) is 2.71. The summed E-state index contributed by atoms with van der Waals surface area (Å²) in [6, 6.07) is 17.3. The summed E-state index contributed by atoms with van der Waals surface area (Å²) < 4.78 is 0. The SMILES string of the molecule is CCC12Cc3ccccc3CC(c3ccccc31)N2O. The van der Waals surface area contributed by atoms with E-state index in [4.69, 9.17) is 0 Å². The van der Waals surface area contributed by atoms with Crippen molar-refractivity contribution >= 4 is 0 Å². The Hall–Kier alpha value is -1.64. The van der Waals surface area contributed by atoms with Crippen LogP contribution in [0.2, 0.25) is 0 Å². The highest BCUT2D eigenvalue weighted by Crippen LogP contribution is 2.52. The molecule has 2 aliphatic rings. The molecule has 0 amide bonds. The predicted octanol–water partition coefficient (Wildman–Crippen LogP) is 3.84. The van der Waals surface area contributed by atoms with E-state index < -0.39 is 0 Å². The van der Waals surface area contributed by atoms with Crippen molar-refractivity contribution in [3.8, 4) is 0 Å². The molecule has 0 radical (unpaired) electrons. The second-order valence-electron chi connectivity index (χ2n) is 5.98. The first-order chi connectivity index (χ1) is 9.76. The standard InChI is InChI=1S/C18H19NO/c1-2-18-12-14-8-4-3-7-13(14)11-17(19(18)20)15-9-5-6-10-16(15)18/h3-10,17,20H,2,11-12H2,1H3. The van der Waals surface area contributed by atoms with Crippen molar-refractivity contribution in [2.45, 2.75) is 37.8 Å². The fraction of sp³-hybridized carbons (Fsp3) is 0.333. The van der Waals surface area contributed by atoms with E-state index in [0.29, 0.717) is 0 Å². The minimum absolute atomic E-state index is 0.0924. The van der Waals surface area contributed by atoms with Crippen molar-refractivity contribution in [3.63, 3.8) is 0 Å². The van der Waals surface area contributed by atoms with Gasteiger partial charge >= 0.3 is 0 Å². The van der Waals surface area contributed by atoms with Gasteiger partial charge < -0.3 is 5.21 Å². The fourth-order valence-corrected chi connectivity index (χ4v) is 4.07. The number of hydrogen-bond acceptors (Lipinski definition) is 2. The van der Waals surface area contributed by atoms with Crippen LogP contribution < -0.4 is 0 Å². The van der Waals surface area contributed by atoms with E-state index in [1.807, 2.05) is 0 Å². The molecule has 20 heavy (non-hydrogen) atoms. The van der Waals surface area contributed by atoms with Crippen LogP contribution in [0.25, 0.3) is 0 Å². The van der Waals surface area contributed by atoms with Gasteiger partial charge in [0.2, 0.25) is 0 Å². The minimum atomic E-state index is -0.256. The maximum Gasteiger partial charge on any atom is 0.0756 e. The van der Waals surface area contributed by atoms with Crippen LogP contribution in [0.15, 0.2) is 48.5 Å². The summed E-state index contributed by atoms with van der Waals surface area (Å²) in [4.78, 5) is 0. The second kappa shape index (κ2) is 4.18. The minimum Gasteiger partial charge on any atom is -0.313 e. The predicted molar refractivity (Wildman–Crippen MR) is 78.6 cm³/mol. The summed E-state index contributed by atoms with van der Waals surface area (Å²) >= 11 is 0. The monoisotopic (exact) mass is 265 g/mol. The number of hydroxylamine groups is 2. The molecule has 0 aromatic heterocycles. The largest absolute Gasteiger partial charge is 0.313 e. The Labute approximate surface area is 119 Å². The molecule has 0 fully saturated rings. The fourth-order valence-electron chi connectivity index (χ4n) is 4.07. The van der Waals surface area contributed by atoms with E-state index in [1.165, 1.54) is 22.3 Å². The first kappa shape index (κ1) is 12.1. The molecule has 102 valence electrons. The Morgan fingerprint density at radius 2 is 1.80 bits per heavy atom. The van der Waals surface area contributed by atoms with Gasteiger partial charge in [0.25, 0.3) is 0 Å². The van der Waals surface area contributed by atoms with Crippen LogP contribution in [0.4, 0.5) is 0 Å². The lowest BCUT2D eigenvalue weighted by Crippen LogP contribution is -2.41. The molecule has 2 aromatic carbocycles. The topological polar surface area (TPSA) is 23.5 Å².